The second-order valence-electron chi connectivity index (χ2n) is 11.8. The third kappa shape index (κ3) is 7.92. The van der Waals surface area contributed by atoms with E-state index in [0.717, 1.165) is 41.9 Å². The van der Waals surface area contributed by atoms with Crippen molar-refractivity contribution in [3.8, 4) is 0 Å². The number of hydrogen-bond acceptors (Lipinski definition) is 2. The van der Waals surface area contributed by atoms with Gasteiger partial charge in [-0.15, -0.1) is 5.73 Å². The molecule has 45 heavy (non-hydrogen) atoms. The molecule has 2 heterocycles. The van der Waals surface area contributed by atoms with Gasteiger partial charge in [0.05, 0.1) is 0 Å². The smallest absolute Gasteiger partial charge is 0.0497 e. The Hall–Kier alpha value is -5.04. The van der Waals surface area contributed by atoms with Crippen molar-refractivity contribution in [1.82, 2.24) is 4.90 Å². The number of aryl methyl sites for hydroxylation is 1. The van der Waals surface area contributed by atoms with Gasteiger partial charge in [0, 0.05) is 52.6 Å². The van der Waals surface area contributed by atoms with Crippen LogP contribution in [0.5, 0.6) is 0 Å². The van der Waals surface area contributed by atoms with Gasteiger partial charge in [-0.2, -0.15) is 0 Å². The molecule has 2 heteroatoms. The molecule has 0 bridgehead atoms. The molecule has 1 aliphatic carbocycles. The summed E-state index contributed by atoms with van der Waals surface area (Å²) in [5, 5.41) is 0. The van der Waals surface area contributed by atoms with Gasteiger partial charge in [0.15, 0.2) is 0 Å². The summed E-state index contributed by atoms with van der Waals surface area (Å²) < 4.78 is 0. The Morgan fingerprint density at radius 3 is 2.67 bits per heavy atom. The van der Waals surface area contributed by atoms with Gasteiger partial charge in [-0.3, -0.25) is 0 Å². The van der Waals surface area contributed by atoms with Gasteiger partial charge in [0.1, 0.15) is 0 Å². The van der Waals surface area contributed by atoms with Crippen molar-refractivity contribution in [2.24, 2.45) is 5.92 Å². The highest BCUT2D eigenvalue weighted by molar-refractivity contribution is 5.91. The zero-order valence-corrected chi connectivity index (χ0v) is 26.9. The van der Waals surface area contributed by atoms with E-state index in [4.69, 9.17) is 0 Å². The minimum absolute atomic E-state index is 0.106. The van der Waals surface area contributed by atoms with E-state index in [2.05, 4.69) is 177 Å². The summed E-state index contributed by atoms with van der Waals surface area (Å²) in [6, 6.07) is 17.5. The zero-order valence-electron chi connectivity index (χ0n) is 26.9. The topological polar surface area (TPSA) is 6.48 Å². The lowest BCUT2D eigenvalue weighted by Crippen LogP contribution is -2.28. The molecule has 226 valence electrons. The van der Waals surface area contributed by atoms with Crippen molar-refractivity contribution in [2.45, 2.75) is 39.7 Å². The minimum atomic E-state index is 0.106. The molecule has 5 rings (SSSR count). The maximum atomic E-state index is 4.52. The summed E-state index contributed by atoms with van der Waals surface area (Å²) in [6.45, 7) is 16.0. The Kier molecular flexibility index (Phi) is 10.5. The summed E-state index contributed by atoms with van der Waals surface area (Å²) in [4.78, 5) is 4.67. The SMILES string of the molecule is C=C/C=C(\C=C1/CN(c2cccc(C)c2)c2ccccc21)C1=C=CC(=C)N(C2=CC=CCC=C2)C(C)/C=C\C=C/CC(C)/C=C\1. The lowest BCUT2D eigenvalue weighted by molar-refractivity contribution is 0.406. The van der Waals surface area contributed by atoms with Crippen LogP contribution in [0.3, 0.4) is 0 Å². The van der Waals surface area contributed by atoms with Gasteiger partial charge in [0.2, 0.25) is 0 Å². The van der Waals surface area contributed by atoms with Crippen molar-refractivity contribution < 1.29 is 0 Å². The molecule has 2 aliphatic heterocycles. The van der Waals surface area contributed by atoms with Crippen molar-refractivity contribution >= 4 is 16.9 Å². The summed E-state index contributed by atoms with van der Waals surface area (Å²) in [7, 11) is 0. The van der Waals surface area contributed by atoms with Gasteiger partial charge in [-0.1, -0.05) is 117 Å². The number of para-hydroxylation sites is 1. The molecule has 3 aliphatic rings. The van der Waals surface area contributed by atoms with Crippen LogP contribution in [-0.2, 0) is 0 Å². The highest BCUT2D eigenvalue weighted by atomic mass is 15.2. The fourth-order valence-corrected chi connectivity index (χ4v) is 5.87. The largest absolute Gasteiger partial charge is 0.336 e. The Bertz CT molecular complexity index is 1740. The van der Waals surface area contributed by atoms with Crippen LogP contribution in [0.25, 0.3) is 5.57 Å². The van der Waals surface area contributed by atoms with E-state index in [0.29, 0.717) is 5.92 Å². The van der Waals surface area contributed by atoms with Crippen LogP contribution < -0.4 is 4.90 Å². The first-order valence-corrected chi connectivity index (χ1v) is 15.9. The number of hydrogen-bond donors (Lipinski definition) is 0. The molecule has 0 fully saturated rings. The van der Waals surface area contributed by atoms with Gasteiger partial charge < -0.3 is 9.80 Å². The highest BCUT2D eigenvalue weighted by Crippen LogP contribution is 2.41. The third-order valence-corrected chi connectivity index (χ3v) is 8.21. The Morgan fingerprint density at radius 2 is 1.82 bits per heavy atom. The predicted octanol–water partition coefficient (Wildman–Crippen LogP) is 11.0. The van der Waals surface area contributed by atoms with E-state index in [-0.39, 0.29) is 6.04 Å². The van der Waals surface area contributed by atoms with E-state index in [1.165, 1.54) is 28.1 Å². The second kappa shape index (κ2) is 15.1. The lowest BCUT2D eigenvalue weighted by Gasteiger charge is -2.30. The molecule has 2 unspecified atom stereocenters. The molecule has 0 radical (unpaired) electrons. The first-order chi connectivity index (χ1) is 21.9. The number of rotatable bonds is 5. The number of fused-ring (bicyclic) bond motifs is 1. The van der Waals surface area contributed by atoms with Crippen LogP contribution in [0.4, 0.5) is 11.4 Å². The summed E-state index contributed by atoms with van der Waals surface area (Å²) in [5.74, 6) is 0.376. The lowest BCUT2D eigenvalue weighted by atomic mass is 9.97. The number of anilines is 2. The maximum Gasteiger partial charge on any atom is 0.0497 e. The van der Waals surface area contributed by atoms with E-state index in [1.807, 2.05) is 12.2 Å². The molecule has 2 atom stereocenters. The second-order valence-corrected chi connectivity index (χ2v) is 11.8. The monoisotopic (exact) mass is 588 g/mol. The fourth-order valence-electron chi connectivity index (χ4n) is 5.87. The molecular formula is C43H44N2. The minimum Gasteiger partial charge on any atom is -0.336 e. The van der Waals surface area contributed by atoms with E-state index < -0.39 is 0 Å². The number of allylic oxidation sites excluding steroid dienone is 15. The van der Waals surface area contributed by atoms with Gasteiger partial charge in [-0.25, -0.2) is 0 Å². The zero-order chi connectivity index (χ0) is 31.6. The molecule has 0 N–H and O–H groups in total. The van der Waals surface area contributed by atoms with Crippen LogP contribution in [0.2, 0.25) is 0 Å². The summed E-state index contributed by atoms with van der Waals surface area (Å²) in [5.41, 5.74) is 13.9. The van der Waals surface area contributed by atoms with E-state index in [9.17, 15) is 0 Å². The predicted molar refractivity (Wildman–Crippen MR) is 195 cm³/mol. The van der Waals surface area contributed by atoms with Crippen LogP contribution in [0.1, 0.15) is 37.8 Å². The Labute approximate surface area is 270 Å². The van der Waals surface area contributed by atoms with Crippen molar-refractivity contribution in [3.63, 3.8) is 0 Å². The van der Waals surface area contributed by atoms with Crippen molar-refractivity contribution in [3.05, 3.63) is 192 Å². The Morgan fingerprint density at radius 1 is 0.956 bits per heavy atom. The van der Waals surface area contributed by atoms with E-state index >= 15 is 0 Å². The molecule has 2 aromatic rings. The molecule has 0 aromatic heterocycles. The molecule has 2 aromatic carbocycles. The molecule has 0 saturated heterocycles. The van der Waals surface area contributed by atoms with Crippen LogP contribution in [0.15, 0.2) is 181 Å². The van der Waals surface area contributed by atoms with Gasteiger partial charge in [0.25, 0.3) is 0 Å². The van der Waals surface area contributed by atoms with Crippen LogP contribution >= 0.6 is 0 Å². The van der Waals surface area contributed by atoms with Crippen molar-refractivity contribution in [1.29, 1.82) is 0 Å². The average molecular weight is 589 g/mol. The van der Waals surface area contributed by atoms with E-state index in [1.54, 1.807) is 0 Å². The molecule has 0 spiro atoms. The normalized spacial score (nSPS) is 23.6. The summed E-state index contributed by atoms with van der Waals surface area (Å²) in [6.07, 6.45) is 34.2. The van der Waals surface area contributed by atoms with Gasteiger partial charge in [-0.05, 0) is 85.7 Å². The fraction of sp³-hybridized carbons (Fsp3) is 0.186. The average Bonchev–Trinajstić information content (AvgIpc) is 3.18. The van der Waals surface area contributed by atoms with Crippen molar-refractivity contribution in [2.75, 3.05) is 11.4 Å². The first kappa shape index (κ1) is 31.4. The molecule has 0 saturated carbocycles. The first-order valence-electron chi connectivity index (χ1n) is 15.9. The Balaban J connectivity index is 1.60. The summed E-state index contributed by atoms with van der Waals surface area (Å²) >= 11 is 0. The number of benzene rings is 2. The molecular weight excluding hydrogens is 544 g/mol. The maximum absolute atomic E-state index is 4.52. The highest BCUT2D eigenvalue weighted by Gasteiger charge is 2.25. The number of nitrogens with zero attached hydrogens (tertiary/aromatic N) is 2. The van der Waals surface area contributed by atoms with Gasteiger partial charge >= 0.3 is 0 Å². The van der Waals surface area contributed by atoms with Crippen LogP contribution in [0, 0.1) is 12.8 Å². The standard InChI is InChI=1S/C43H44N2/c1-6-17-38(31-39-32-44(41-23-16-19-34(3)30-41)43-25-15-14-24-42(39)43)37-28-26-33(2)18-10-9-11-20-35(4)45(36(5)27-29-37)40-21-12-7-8-13-22-40/h6-7,9-17,19-28,30-31,33,35H,1,5,8,18,32H2,2-4H3/b10-9-,20-11-,28-26-,38-17+,39-31+. The third-order valence-electron chi connectivity index (χ3n) is 8.21. The van der Waals surface area contributed by atoms with Crippen LogP contribution in [-0.4, -0.2) is 17.5 Å². The molecule has 2 nitrogen and oxygen atoms in total. The molecule has 0 amide bonds. The quantitative estimate of drug-likeness (QED) is 0.253.